The molecule has 1 aliphatic heterocycles. The highest BCUT2D eigenvalue weighted by atomic mass is 19.1. The lowest BCUT2D eigenvalue weighted by Crippen LogP contribution is -2.21. The highest BCUT2D eigenvalue weighted by molar-refractivity contribution is 5.32. The van der Waals surface area contributed by atoms with Crippen molar-refractivity contribution in [2.24, 2.45) is 5.73 Å². The van der Waals surface area contributed by atoms with Gasteiger partial charge in [-0.2, -0.15) is 0 Å². The van der Waals surface area contributed by atoms with E-state index < -0.39 is 0 Å². The molecule has 1 unspecified atom stereocenters. The van der Waals surface area contributed by atoms with Crippen LogP contribution in [0.2, 0.25) is 0 Å². The van der Waals surface area contributed by atoms with Crippen molar-refractivity contribution in [1.82, 2.24) is 0 Å². The van der Waals surface area contributed by atoms with Crippen LogP contribution in [-0.2, 0) is 17.7 Å². The Morgan fingerprint density at radius 3 is 2.90 bits per heavy atom. The molecule has 0 spiro atoms. The van der Waals surface area contributed by atoms with E-state index in [9.17, 15) is 4.39 Å². The monoisotopic (exact) mass is 287 g/mol. The first-order chi connectivity index (χ1) is 10.3. The van der Waals surface area contributed by atoms with E-state index in [4.69, 9.17) is 15.2 Å². The van der Waals surface area contributed by atoms with Gasteiger partial charge in [-0.1, -0.05) is 30.3 Å². The maximum atomic E-state index is 13.9. The molecule has 0 aliphatic carbocycles. The second kappa shape index (κ2) is 6.24. The summed E-state index contributed by atoms with van der Waals surface area (Å²) in [6.45, 7) is 1.28. The minimum atomic E-state index is -0.387. The molecule has 0 fully saturated rings. The third-order valence-corrected chi connectivity index (χ3v) is 3.71. The van der Waals surface area contributed by atoms with Crippen molar-refractivity contribution in [3.63, 3.8) is 0 Å². The van der Waals surface area contributed by atoms with E-state index in [2.05, 4.69) is 6.07 Å². The number of hydrogen-bond acceptors (Lipinski definition) is 3. The quantitative estimate of drug-likeness (QED) is 0.940. The summed E-state index contributed by atoms with van der Waals surface area (Å²) in [4.78, 5) is 0. The third-order valence-electron chi connectivity index (χ3n) is 3.71. The Labute approximate surface area is 123 Å². The Kier molecular flexibility index (Phi) is 4.18. The Bertz CT molecular complexity index is 630. The first-order valence-electron chi connectivity index (χ1n) is 7.08. The molecule has 0 amide bonds. The molecular weight excluding hydrogens is 269 g/mol. The van der Waals surface area contributed by atoms with E-state index in [1.165, 1.54) is 11.6 Å². The van der Waals surface area contributed by atoms with Crippen LogP contribution in [0.1, 0.15) is 22.8 Å². The Morgan fingerprint density at radius 1 is 1.24 bits per heavy atom. The van der Waals surface area contributed by atoms with Crippen molar-refractivity contribution in [2.75, 3.05) is 13.2 Å². The predicted octanol–water partition coefficient (Wildman–Crippen LogP) is 2.98. The van der Waals surface area contributed by atoms with Crippen molar-refractivity contribution >= 4 is 0 Å². The Hall–Kier alpha value is -1.91. The van der Waals surface area contributed by atoms with Gasteiger partial charge in [0.25, 0.3) is 0 Å². The first-order valence-corrected chi connectivity index (χ1v) is 7.08. The molecule has 0 radical (unpaired) electrons. The van der Waals surface area contributed by atoms with Crippen molar-refractivity contribution in [3.05, 3.63) is 65.0 Å². The van der Waals surface area contributed by atoms with Crippen LogP contribution in [0.5, 0.6) is 5.75 Å². The smallest absolute Gasteiger partial charge is 0.165 e. The number of nitrogens with two attached hydrogens (primary N) is 1. The lowest BCUT2D eigenvalue weighted by atomic mass is 9.98. The molecule has 3 rings (SSSR count). The maximum absolute atomic E-state index is 13.9. The lowest BCUT2D eigenvalue weighted by Gasteiger charge is -2.26. The number of benzene rings is 2. The zero-order valence-corrected chi connectivity index (χ0v) is 11.7. The molecule has 21 heavy (non-hydrogen) atoms. The summed E-state index contributed by atoms with van der Waals surface area (Å²) in [6.07, 6.45) is 0.759. The summed E-state index contributed by atoms with van der Waals surface area (Å²) in [5.41, 5.74) is 8.64. The van der Waals surface area contributed by atoms with Crippen LogP contribution in [-0.4, -0.2) is 13.2 Å². The average molecular weight is 287 g/mol. The summed E-state index contributed by atoms with van der Waals surface area (Å²) >= 11 is 0. The normalized spacial score (nSPS) is 17.3. The van der Waals surface area contributed by atoms with Crippen molar-refractivity contribution in [3.8, 4) is 5.75 Å². The molecule has 1 aliphatic rings. The summed E-state index contributed by atoms with van der Waals surface area (Å²) in [5.74, 6) is -0.152. The molecule has 0 bridgehead atoms. The van der Waals surface area contributed by atoms with Gasteiger partial charge in [0.15, 0.2) is 11.6 Å². The molecule has 2 N–H and O–H groups in total. The van der Waals surface area contributed by atoms with Gasteiger partial charge in [-0.3, -0.25) is 0 Å². The van der Waals surface area contributed by atoms with Gasteiger partial charge in [0, 0.05) is 6.54 Å². The van der Waals surface area contributed by atoms with Gasteiger partial charge in [-0.15, -0.1) is 0 Å². The number of hydrogen-bond donors (Lipinski definition) is 1. The van der Waals surface area contributed by atoms with Crippen molar-refractivity contribution in [1.29, 1.82) is 0 Å². The van der Waals surface area contributed by atoms with Gasteiger partial charge in [0.05, 0.1) is 6.61 Å². The summed E-state index contributed by atoms with van der Waals surface area (Å²) in [6, 6.07) is 12.9. The van der Waals surface area contributed by atoms with E-state index in [1.54, 1.807) is 12.1 Å². The topological polar surface area (TPSA) is 44.5 Å². The zero-order chi connectivity index (χ0) is 14.7. The minimum absolute atomic E-state index is 0.150. The average Bonchev–Trinajstić information content (AvgIpc) is 2.53. The van der Waals surface area contributed by atoms with Crippen LogP contribution < -0.4 is 10.5 Å². The highest BCUT2D eigenvalue weighted by Crippen LogP contribution is 2.28. The van der Waals surface area contributed by atoms with E-state index >= 15 is 0 Å². The molecule has 1 atom stereocenters. The summed E-state index contributed by atoms with van der Waals surface area (Å²) in [7, 11) is 0. The van der Waals surface area contributed by atoms with Gasteiger partial charge in [0.2, 0.25) is 0 Å². The fourth-order valence-corrected chi connectivity index (χ4v) is 2.57. The van der Waals surface area contributed by atoms with E-state index in [0.29, 0.717) is 19.8 Å². The van der Waals surface area contributed by atoms with Crippen LogP contribution in [0.15, 0.2) is 42.5 Å². The van der Waals surface area contributed by atoms with Gasteiger partial charge in [-0.25, -0.2) is 4.39 Å². The number of halogens is 1. The predicted molar refractivity (Wildman–Crippen MR) is 78.6 cm³/mol. The Balaban J connectivity index is 1.71. The highest BCUT2D eigenvalue weighted by Gasteiger charge is 2.21. The molecule has 3 nitrogen and oxygen atoms in total. The largest absolute Gasteiger partial charge is 0.487 e. The van der Waals surface area contributed by atoms with Crippen LogP contribution in [0.3, 0.4) is 0 Å². The Morgan fingerprint density at radius 2 is 2.10 bits per heavy atom. The molecule has 0 saturated carbocycles. The van der Waals surface area contributed by atoms with Crippen molar-refractivity contribution < 1.29 is 13.9 Å². The molecule has 0 aromatic heterocycles. The minimum Gasteiger partial charge on any atom is -0.487 e. The number of ether oxygens (including phenoxy) is 2. The number of rotatable bonds is 4. The second-order valence-electron chi connectivity index (χ2n) is 5.09. The SMILES string of the molecule is NCc1ccc(OCC2OCCc3ccccc32)c(F)c1. The van der Waals surface area contributed by atoms with E-state index in [0.717, 1.165) is 17.5 Å². The van der Waals surface area contributed by atoms with Gasteiger partial charge < -0.3 is 15.2 Å². The molecule has 2 aromatic carbocycles. The van der Waals surface area contributed by atoms with Gasteiger partial charge >= 0.3 is 0 Å². The van der Waals surface area contributed by atoms with Crippen LogP contribution in [0.4, 0.5) is 4.39 Å². The molecule has 1 heterocycles. The summed E-state index contributed by atoms with van der Waals surface area (Å²) < 4.78 is 25.2. The van der Waals surface area contributed by atoms with Gasteiger partial charge in [0.1, 0.15) is 12.7 Å². The number of fused-ring (bicyclic) bond motifs is 1. The van der Waals surface area contributed by atoms with E-state index in [1.807, 2.05) is 18.2 Å². The summed E-state index contributed by atoms with van der Waals surface area (Å²) in [5, 5.41) is 0. The van der Waals surface area contributed by atoms with Crippen LogP contribution in [0, 0.1) is 5.82 Å². The molecular formula is C17H18FNO2. The first kappa shape index (κ1) is 14.0. The van der Waals surface area contributed by atoms with Crippen molar-refractivity contribution in [2.45, 2.75) is 19.1 Å². The second-order valence-corrected chi connectivity index (χ2v) is 5.09. The standard InChI is InChI=1S/C17H18FNO2/c18-15-9-12(10-19)5-6-16(15)21-11-17-14-4-2-1-3-13(14)7-8-20-17/h1-6,9,17H,7-8,10-11,19H2. The maximum Gasteiger partial charge on any atom is 0.165 e. The fraction of sp³-hybridized carbons (Fsp3) is 0.294. The fourth-order valence-electron chi connectivity index (χ4n) is 2.57. The molecule has 4 heteroatoms. The third kappa shape index (κ3) is 3.06. The van der Waals surface area contributed by atoms with E-state index in [-0.39, 0.29) is 17.7 Å². The lowest BCUT2D eigenvalue weighted by molar-refractivity contribution is 0.00935. The van der Waals surface area contributed by atoms with Crippen LogP contribution >= 0.6 is 0 Å². The molecule has 0 saturated heterocycles. The molecule has 110 valence electrons. The van der Waals surface area contributed by atoms with Gasteiger partial charge in [-0.05, 0) is 35.2 Å². The molecule has 2 aromatic rings. The van der Waals surface area contributed by atoms with Crippen LogP contribution in [0.25, 0.3) is 0 Å². The zero-order valence-electron chi connectivity index (χ0n) is 11.7.